The quantitative estimate of drug-likeness (QED) is 0.776. The fourth-order valence-corrected chi connectivity index (χ4v) is 1.48. The van der Waals surface area contributed by atoms with Crippen molar-refractivity contribution < 1.29 is 15.0 Å². The number of benzene rings is 1. The molecule has 2 N–H and O–H groups in total. The Labute approximate surface area is 83.0 Å². The largest absolute Gasteiger partial charge is 0.507 e. The van der Waals surface area contributed by atoms with Gasteiger partial charge in [-0.3, -0.25) is 0 Å². The molecule has 1 aromatic rings. The third-order valence-corrected chi connectivity index (χ3v) is 2.08. The van der Waals surface area contributed by atoms with E-state index >= 15 is 0 Å². The summed E-state index contributed by atoms with van der Waals surface area (Å²) in [6.07, 6.45) is 1.59. The van der Waals surface area contributed by atoms with Gasteiger partial charge in [0.1, 0.15) is 11.3 Å². The van der Waals surface area contributed by atoms with Crippen LogP contribution in [0.2, 0.25) is 0 Å². The van der Waals surface area contributed by atoms with Gasteiger partial charge in [-0.25, -0.2) is 4.79 Å². The van der Waals surface area contributed by atoms with Crippen LogP contribution < -0.4 is 0 Å². The smallest absolute Gasteiger partial charge is 0.339 e. The second kappa shape index (κ2) is 4.13. The molecule has 3 nitrogen and oxygen atoms in total. The molecular weight excluding hydrogens is 180 g/mol. The highest BCUT2D eigenvalue weighted by molar-refractivity contribution is 5.91. The highest BCUT2D eigenvalue weighted by Crippen LogP contribution is 2.25. The van der Waals surface area contributed by atoms with E-state index in [1.165, 1.54) is 6.07 Å². The van der Waals surface area contributed by atoms with Crippen LogP contribution in [0.15, 0.2) is 12.1 Å². The van der Waals surface area contributed by atoms with Crippen LogP contribution in [0.1, 0.15) is 34.8 Å². The minimum Gasteiger partial charge on any atom is -0.507 e. The van der Waals surface area contributed by atoms with Crippen molar-refractivity contribution >= 4 is 5.97 Å². The second-order valence-electron chi connectivity index (χ2n) is 3.38. The normalized spacial score (nSPS) is 10.1. The van der Waals surface area contributed by atoms with Crippen LogP contribution in [-0.4, -0.2) is 16.2 Å². The minimum atomic E-state index is -1.08. The monoisotopic (exact) mass is 194 g/mol. The number of carbonyl (C=O) groups is 1. The molecule has 0 heterocycles. The standard InChI is InChI=1S/C11H14O3/c1-3-4-8-5-7(2)6-9(10(8)12)11(13)14/h5-6,12H,3-4H2,1-2H3,(H,13,14). The highest BCUT2D eigenvalue weighted by Gasteiger charge is 2.13. The number of aryl methyl sites for hydroxylation is 2. The van der Waals surface area contributed by atoms with Gasteiger partial charge in [-0.15, -0.1) is 0 Å². The fourth-order valence-electron chi connectivity index (χ4n) is 1.48. The van der Waals surface area contributed by atoms with Gasteiger partial charge < -0.3 is 10.2 Å². The van der Waals surface area contributed by atoms with Gasteiger partial charge in [0, 0.05) is 0 Å². The van der Waals surface area contributed by atoms with Gasteiger partial charge >= 0.3 is 5.97 Å². The summed E-state index contributed by atoms with van der Waals surface area (Å²) in [5.41, 5.74) is 1.57. The van der Waals surface area contributed by atoms with E-state index in [9.17, 15) is 9.90 Å². The van der Waals surface area contributed by atoms with Crippen molar-refractivity contribution in [2.24, 2.45) is 0 Å². The maximum Gasteiger partial charge on any atom is 0.339 e. The zero-order chi connectivity index (χ0) is 10.7. The van der Waals surface area contributed by atoms with E-state index in [2.05, 4.69) is 0 Å². The van der Waals surface area contributed by atoms with E-state index in [-0.39, 0.29) is 11.3 Å². The Kier molecular flexibility index (Phi) is 3.12. The lowest BCUT2D eigenvalue weighted by Crippen LogP contribution is -2.00. The van der Waals surface area contributed by atoms with E-state index in [0.29, 0.717) is 12.0 Å². The summed E-state index contributed by atoms with van der Waals surface area (Å²) < 4.78 is 0. The molecule has 0 aliphatic carbocycles. The van der Waals surface area contributed by atoms with Gasteiger partial charge in [-0.2, -0.15) is 0 Å². The number of hydrogen-bond acceptors (Lipinski definition) is 2. The summed E-state index contributed by atoms with van der Waals surface area (Å²) in [6.45, 7) is 3.81. The summed E-state index contributed by atoms with van der Waals surface area (Å²) in [4.78, 5) is 10.8. The summed E-state index contributed by atoms with van der Waals surface area (Å²) in [5.74, 6) is -1.17. The van der Waals surface area contributed by atoms with E-state index in [1.807, 2.05) is 19.9 Å². The maximum atomic E-state index is 10.8. The Morgan fingerprint density at radius 1 is 1.43 bits per heavy atom. The molecule has 0 aromatic heterocycles. The molecule has 76 valence electrons. The van der Waals surface area contributed by atoms with Crippen LogP contribution >= 0.6 is 0 Å². The molecule has 0 saturated carbocycles. The lowest BCUT2D eigenvalue weighted by molar-refractivity contribution is 0.0693. The molecule has 0 radical (unpaired) electrons. The van der Waals surface area contributed by atoms with E-state index in [1.54, 1.807) is 0 Å². The van der Waals surface area contributed by atoms with Crippen molar-refractivity contribution in [3.8, 4) is 5.75 Å². The first-order valence-electron chi connectivity index (χ1n) is 4.62. The van der Waals surface area contributed by atoms with E-state index in [0.717, 1.165) is 12.0 Å². The minimum absolute atomic E-state index is 0.00606. The lowest BCUT2D eigenvalue weighted by atomic mass is 10.0. The summed E-state index contributed by atoms with van der Waals surface area (Å²) in [5, 5.41) is 18.5. The molecule has 0 atom stereocenters. The average molecular weight is 194 g/mol. The Balaban J connectivity index is 3.24. The summed E-state index contributed by atoms with van der Waals surface area (Å²) in [7, 11) is 0. The first kappa shape index (κ1) is 10.6. The average Bonchev–Trinajstić information content (AvgIpc) is 2.10. The van der Waals surface area contributed by atoms with Gasteiger partial charge in [0.15, 0.2) is 0 Å². The van der Waals surface area contributed by atoms with Crippen LogP contribution in [0, 0.1) is 6.92 Å². The van der Waals surface area contributed by atoms with Crippen LogP contribution in [0.4, 0.5) is 0 Å². The first-order valence-corrected chi connectivity index (χ1v) is 4.62. The topological polar surface area (TPSA) is 57.5 Å². The summed E-state index contributed by atoms with van der Waals surface area (Å²) in [6, 6.07) is 3.31. The van der Waals surface area contributed by atoms with Crippen molar-refractivity contribution in [2.75, 3.05) is 0 Å². The number of aromatic carboxylic acids is 1. The summed E-state index contributed by atoms with van der Waals surface area (Å²) >= 11 is 0. The highest BCUT2D eigenvalue weighted by atomic mass is 16.4. The third kappa shape index (κ3) is 2.05. The Morgan fingerprint density at radius 2 is 2.07 bits per heavy atom. The molecule has 0 saturated heterocycles. The molecule has 0 aliphatic rings. The molecule has 0 bridgehead atoms. The number of aromatic hydroxyl groups is 1. The zero-order valence-electron chi connectivity index (χ0n) is 8.37. The molecule has 0 amide bonds. The van der Waals surface area contributed by atoms with E-state index < -0.39 is 5.97 Å². The van der Waals surface area contributed by atoms with Crippen molar-refractivity contribution in [1.82, 2.24) is 0 Å². The van der Waals surface area contributed by atoms with Crippen LogP contribution in [0.25, 0.3) is 0 Å². The zero-order valence-corrected chi connectivity index (χ0v) is 8.37. The molecule has 0 unspecified atom stereocenters. The van der Waals surface area contributed by atoms with Gasteiger partial charge in [0.2, 0.25) is 0 Å². The fraction of sp³-hybridized carbons (Fsp3) is 0.364. The Bertz CT molecular complexity index is 356. The maximum absolute atomic E-state index is 10.8. The molecule has 1 aromatic carbocycles. The van der Waals surface area contributed by atoms with Gasteiger partial charge in [0.25, 0.3) is 0 Å². The molecule has 0 aliphatic heterocycles. The molecule has 14 heavy (non-hydrogen) atoms. The predicted molar refractivity (Wildman–Crippen MR) is 53.8 cm³/mol. The van der Waals surface area contributed by atoms with Crippen molar-refractivity contribution in [3.05, 3.63) is 28.8 Å². The molecule has 0 fully saturated rings. The van der Waals surface area contributed by atoms with Crippen molar-refractivity contribution in [3.63, 3.8) is 0 Å². The number of rotatable bonds is 3. The number of carboxylic acids is 1. The lowest BCUT2D eigenvalue weighted by Gasteiger charge is -2.07. The number of carboxylic acid groups (broad SMARTS) is 1. The van der Waals surface area contributed by atoms with Gasteiger partial charge in [0.05, 0.1) is 0 Å². The third-order valence-electron chi connectivity index (χ3n) is 2.08. The first-order chi connectivity index (χ1) is 6.56. The van der Waals surface area contributed by atoms with Crippen molar-refractivity contribution in [1.29, 1.82) is 0 Å². The van der Waals surface area contributed by atoms with Gasteiger partial charge in [-0.1, -0.05) is 19.4 Å². The van der Waals surface area contributed by atoms with Crippen LogP contribution in [0.3, 0.4) is 0 Å². The SMILES string of the molecule is CCCc1cc(C)cc(C(=O)O)c1O. The Morgan fingerprint density at radius 3 is 2.57 bits per heavy atom. The van der Waals surface area contributed by atoms with Crippen LogP contribution in [0.5, 0.6) is 5.75 Å². The Hall–Kier alpha value is -1.51. The predicted octanol–water partition coefficient (Wildman–Crippen LogP) is 2.35. The van der Waals surface area contributed by atoms with Gasteiger partial charge in [-0.05, 0) is 30.5 Å². The van der Waals surface area contributed by atoms with Crippen molar-refractivity contribution in [2.45, 2.75) is 26.7 Å². The second-order valence-corrected chi connectivity index (χ2v) is 3.38. The molecular formula is C11H14O3. The number of phenols is 1. The molecule has 1 rings (SSSR count). The molecule has 0 spiro atoms. The number of hydrogen-bond donors (Lipinski definition) is 2. The van der Waals surface area contributed by atoms with E-state index in [4.69, 9.17) is 5.11 Å². The van der Waals surface area contributed by atoms with Crippen LogP contribution in [-0.2, 0) is 6.42 Å². The molecule has 3 heteroatoms.